The summed E-state index contributed by atoms with van der Waals surface area (Å²) in [6.45, 7) is 0.159. The van der Waals surface area contributed by atoms with E-state index in [0.29, 0.717) is 5.69 Å². The molecule has 25 heavy (non-hydrogen) atoms. The Bertz CT molecular complexity index is 827. The molecule has 0 aliphatic carbocycles. The predicted molar refractivity (Wildman–Crippen MR) is 92.9 cm³/mol. The number of nitrogens with one attached hydrogen (secondary N) is 2. The molecule has 0 radical (unpaired) electrons. The number of benzene rings is 2. The van der Waals surface area contributed by atoms with Crippen molar-refractivity contribution in [2.24, 2.45) is 0 Å². The maximum absolute atomic E-state index is 11.9. The quantitative estimate of drug-likeness (QED) is 0.570. The summed E-state index contributed by atoms with van der Waals surface area (Å²) in [5.74, 6) is -0.400. The van der Waals surface area contributed by atoms with Crippen LogP contribution in [-0.4, -0.2) is 22.3 Å². The number of carbonyl (C=O) groups is 1. The van der Waals surface area contributed by atoms with Gasteiger partial charge in [0.05, 0.1) is 9.85 Å². The van der Waals surface area contributed by atoms with Gasteiger partial charge in [0.2, 0.25) is 5.91 Å². The van der Waals surface area contributed by atoms with Gasteiger partial charge in [0, 0.05) is 30.8 Å². The summed E-state index contributed by atoms with van der Waals surface area (Å²) in [6, 6.07) is 10.0. The highest BCUT2D eigenvalue weighted by Gasteiger charge is 2.15. The molecule has 2 aromatic carbocycles. The average Bonchev–Trinajstić information content (AvgIpc) is 2.56. The molecule has 2 aromatic rings. The first kappa shape index (κ1) is 18.1. The Balaban J connectivity index is 1.93. The molecular formula is C15H13ClN4O5. The van der Waals surface area contributed by atoms with Gasteiger partial charge in [-0.15, -0.1) is 0 Å². The number of amides is 1. The number of carbonyl (C=O) groups excluding carboxylic acids is 1. The summed E-state index contributed by atoms with van der Waals surface area (Å²) in [5.41, 5.74) is 0.156. The third kappa shape index (κ3) is 4.88. The van der Waals surface area contributed by atoms with E-state index in [-0.39, 0.29) is 35.1 Å². The van der Waals surface area contributed by atoms with Crippen molar-refractivity contribution < 1.29 is 14.6 Å². The Kier molecular flexibility index (Phi) is 5.85. The van der Waals surface area contributed by atoms with Gasteiger partial charge in [-0.25, -0.2) is 0 Å². The minimum absolute atomic E-state index is 0.0163. The van der Waals surface area contributed by atoms with Gasteiger partial charge in [-0.1, -0.05) is 23.7 Å². The second-order valence-corrected chi connectivity index (χ2v) is 5.33. The normalized spacial score (nSPS) is 10.1. The fourth-order valence-electron chi connectivity index (χ4n) is 2.05. The fourth-order valence-corrected chi connectivity index (χ4v) is 2.23. The summed E-state index contributed by atoms with van der Waals surface area (Å²) in [6.07, 6.45) is 0.0163. The summed E-state index contributed by atoms with van der Waals surface area (Å²) >= 11 is 5.70. The number of halogens is 1. The van der Waals surface area contributed by atoms with Crippen LogP contribution in [-0.2, 0) is 4.79 Å². The Morgan fingerprint density at radius 1 is 1.04 bits per heavy atom. The molecule has 0 fully saturated rings. The first-order chi connectivity index (χ1) is 11.9. The number of nitro benzene ring substituents is 2. The number of anilines is 2. The third-order valence-corrected chi connectivity index (χ3v) is 3.51. The highest BCUT2D eigenvalue weighted by Crippen LogP contribution is 2.27. The summed E-state index contributed by atoms with van der Waals surface area (Å²) in [4.78, 5) is 32.5. The van der Waals surface area contributed by atoms with Gasteiger partial charge in [-0.05, 0) is 18.2 Å². The van der Waals surface area contributed by atoms with Crippen LogP contribution in [0.15, 0.2) is 42.5 Å². The van der Waals surface area contributed by atoms with Crippen LogP contribution in [0, 0.1) is 20.2 Å². The SMILES string of the molecule is O=C(CCNc1ccccc1[N+](=O)[O-])Nc1ccc(Cl)c([N+](=O)[O-])c1. The van der Waals surface area contributed by atoms with Crippen LogP contribution >= 0.6 is 11.6 Å². The molecule has 2 N–H and O–H groups in total. The first-order valence-electron chi connectivity index (χ1n) is 7.09. The molecule has 0 unspecified atom stereocenters. The first-order valence-corrected chi connectivity index (χ1v) is 7.47. The second-order valence-electron chi connectivity index (χ2n) is 4.92. The monoisotopic (exact) mass is 364 g/mol. The van der Waals surface area contributed by atoms with Crippen LogP contribution in [0.5, 0.6) is 0 Å². The number of hydrogen-bond donors (Lipinski definition) is 2. The van der Waals surface area contributed by atoms with E-state index in [9.17, 15) is 25.0 Å². The smallest absolute Gasteiger partial charge is 0.292 e. The Morgan fingerprint density at radius 2 is 1.72 bits per heavy atom. The van der Waals surface area contributed by atoms with Crippen molar-refractivity contribution in [3.63, 3.8) is 0 Å². The zero-order valence-corrected chi connectivity index (χ0v) is 13.5. The number of para-hydroxylation sites is 2. The van der Waals surface area contributed by atoms with E-state index >= 15 is 0 Å². The lowest BCUT2D eigenvalue weighted by Gasteiger charge is -2.08. The van der Waals surface area contributed by atoms with Crippen molar-refractivity contribution in [3.8, 4) is 0 Å². The predicted octanol–water partition coefficient (Wildman–Crippen LogP) is 3.60. The number of nitrogens with zero attached hydrogens (tertiary/aromatic N) is 2. The molecule has 0 saturated heterocycles. The molecule has 0 aliphatic heterocycles. The lowest BCUT2D eigenvalue weighted by Crippen LogP contribution is -2.16. The van der Waals surface area contributed by atoms with E-state index in [0.717, 1.165) is 6.07 Å². The van der Waals surface area contributed by atoms with E-state index in [4.69, 9.17) is 11.6 Å². The van der Waals surface area contributed by atoms with E-state index in [1.165, 1.54) is 18.2 Å². The Labute approximate surface area is 146 Å². The van der Waals surface area contributed by atoms with E-state index in [1.807, 2.05) is 0 Å². The lowest BCUT2D eigenvalue weighted by atomic mass is 10.2. The van der Waals surface area contributed by atoms with Gasteiger partial charge in [-0.2, -0.15) is 0 Å². The van der Waals surface area contributed by atoms with Gasteiger partial charge in [0.15, 0.2) is 0 Å². The summed E-state index contributed by atoms with van der Waals surface area (Å²) in [5, 5.41) is 27.0. The molecule has 0 atom stereocenters. The minimum Gasteiger partial charge on any atom is -0.379 e. The van der Waals surface area contributed by atoms with E-state index in [2.05, 4.69) is 10.6 Å². The van der Waals surface area contributed by atoms with Crippen LogP contribution in [0.2, 0.25) is 5.02 Å². The van der Waals surface area contributed by atoms with Gasteiger partial charge in [0.25, 0.3) is 11.4 Å². The largest absolute Gasteiger partial charge is 0.379 e. The molecule has 10 heteroatoms. The van der Waals surface area contributed by atoms with Crippen LogP contribution in [0.25, 0.3) is 0 Å². The van der Waals surface area contributed by atoms with Gasteiger partial charge in [0.1, 0.15) is 10.7 Å². The summed E-state index contributed by atoms with van der Waals surface area (Å²) < 4.78 is 0. The third-order valence-electron chi connectivity index (χ3n) is 3.19. The average molecular weight is 365 g/mol. The van der Waals surface area contributed by atoms with Crippen molar-refractivity contribution in [2.45, 2.75) is 6.42 Å². The molecule has 0 bridgehead atoms. The molecule has 0 heterocycles. The fraction of sp³-hybridized carbons (Fsp3) is 0.133. The van der Waals surface area contributed by atoms with E-state index < -0.39 is 15.8 Å². The van der Waals surface area contributed by atoms with Crippen LogP contribution in [0.4, 0.5) is 22.7 Å². The van der Waals surface area contributed by atoms with Crippen LogP contribution in [0.1, 0.15) is 6.42 Å². The molecule has 2 rings (SSSR count). The number of hydrogen-bond acceptors (Lipinski definition) is 6. The highest BCUT2D eigenvalue weighted by molar-refractivity contribution is 6.32. The molecule has 0 spiro atoms. The van der Waals surface area contributed by atoms with Gasteiger partial charge in [-0.3, -0.25) is 25.0 Å². The van der Waals surface area contributed by atoms with Crippen molar-refractivity contribution in [1.29, 1.82) is 0 Å². The Hall–Kier alpha value is -3.20. The van der Waals surface area contributed by atoms with E-state index in [1.54, 1.807) is 18.2 Å². The molecule has 0 aromatic heterocycles. The molecule has 1 amide bonds. The van der Waals surface area contributed by atoms with Crippen molar-refractivity contribution in [1.82, 2.24) is 0 Å². The standard InChI is InChI=1S/C15H13ClN4O5/c16-11-6-5-10(9-14(11)20(24)25)18-15(21)7-8-17-12-3-1-2-4-13(12)19(22)23/h1-6,9,17H,7-8H2,(H,18,21). The maximum atomic E-state index is 11.9. The lowest BCUT2D eigenvalue weighted by molar-refractivity contribution is -0.384. The summed E-state index contributed by atoms with van der Waals surface area (Å²) in [7, 11) is 0. The van der Waals surface area contributed by atoms with Crippen LogP contribution in [0.3, 0.4) is 0 Å². The van der Waals surface area contributed by atoms with Gasteiger partial charge >= 0.3 is 0 Å². The maximum Gasteiger partial charge on any atom is 0.292 e. The molecule has 9 nitrogen and oxygen atoms in total. The minimum atomic E-state index is -0.645. The zero-order valence-electron chi connectivity index (χ0n) is 12.8. The highest BCUT2D eigenvalue weighted by atomic mass is 35.5. The van der Waals surface area contributed by atoms with Crippen molar-refractivity contribution in [3.05, 3.63) is 67.7 Å². The van der Waals surface area contributed by atoms with Crippen molar-refractivity contribution in [2.75, 3.05) is 17.2 Å². The van der Waals surface area contributed by atoms with Crippen molar-refractivity contribution >= 4 is 40.3 Å². The molecular weight excluding hydrogens is 352 g/mol. The zero-order chi connectivity index (χ0) is 18.4. The molecule has 130 valence electrons. The molecule has 0 aliphatic rings. The number of nitro groups is 2. The Morgan fingerprint density at radius 3 is 2.40 bits per heavy atom. The second kappa shape index (κ2) is 8.06. The molecule has 0 saturated carbocycles. The topological polar surface area (TPSA) is 127 Å². The van der Waals surface area contributed by atoms with Gasteiger partial charge < -0.3 is 10.6 Å². The van der Waals surface area contributed by atoms with Crippen LogP contribution < -0.4 is 10.6 Å². The number of rotatable bonds is 7.